The number of hydrogen-bond donors (Lipinski definition) is 1. The lowest BCUT2D eigenvalue weighted by Crippen LogP contribution is -2.45. The number of esters is 1. The average Bonchev–Trinajstić information content (AvgIpc) is 2.20. The van der Waals surface area contributed by atoms with Gasteiger partial charge in [-0.3, -0.25) is 0 Å². The molecule has 0 spiro atoms. The minimum atomic E-state index is -0.575. The molecule has 0 saturated heterocycles. The van der Waals surface area contributed by atoms with E-state index in [-0.39, 0.29) is 5.97 Å². The molecule has 2 N–H and O–H groups in total. The number of halogens is 1. The summed E-state index contributed by atoms with van der Waals surface area (Å²) >= 11 is 3.44. The summed E-state index contributed by atoms with van der Waals surface area (Å²) in [4.78, 5) is 11.7. The van der Waals surface area contributed by atoms with E-state index in [2.05, 4.69) is 15.9 Å². The molecule has 3 nitrogen and oxygen atoms in total. The topological polar surface area (TPSA) is 52.3 Å². The van der Waals surface area contributed by atoms with Crippen molar-refractivity contribution in [1.29, 1.82) is 0 Å². The van der Waals surface area contributed by atoms with Crippen LogP contribution in [0.2, 0.25) is 0 Å². The highest BCUT2D eigenvalue weighted by atomic mass is 79.9. The molecule has 0 saturated carbocycles. The van der Waals surface area contributed by atoms with Crippen LogP contribution in [-0.2, 0) is 11.2 Å². The first-order valence-corrected chi connectivity index (χ1v) is 5.56. The van der Waals surface area contributed by atoms with Crippen molar-refractivity contribution in [3.05, 3.63) is 33.8 Å². The Bertz CT molecular complexity index is 419. The summed E-state index contributed by atoms with van der Waals surface area (Å²) in [5, 5.41) is 0. The summed E-state index contributed by atoms with van der Waals surface area (Å²) in [5.74, 6) is -0.287. The van der Waals surface area contributed by atoms with Gasteiger partial charge >= 0.3 is 5.97 Å². The van der Waals surface area contributed by atoms with Crippen LogP contribution in [-0.4, -0.2) is 18.1 Å². The maximum Gasteiger partial charge on any atom is 0.339 e. The standard InChI is InChI=1S/C11H12BrNO2/c1-11(6-13)5-8-7(10(14)15-11)3-2-4-9(8)12/h2-4H,5-6,13H2,1H3. The SMILES string of the molecule is CC1(CN)Cc2c(Br)cccc2C(=O)O1. The Balaban J connectivity index is 2.51. The van der Waals surface area contributed by atoms with Crippen LogP contribution in [0.5, 0.6) is 0 Å². The zero-order valence-electron chi connectivity index (χ0n) is 8.42. The van der Waals surface area contributed by atoms with Crippen LogP contribution < -0.4 is 5.73 Å². The van der Waals surface area contributed by atoms with E-state index in [0.717, 1.165) is 10.0 Å². The summed E-state index contributed by atoms with van der Waals surface area (Å²) in [6, 6.07) is 5.53. The normalized spacial score (nSPS) is 24.6. The second kappa shape index (κ2) is 3.61. The first-order chi connectivity index (χ1) is 7.06. The Labute approximate surface area is 96.7 Å². The lowest BCUT2D eigenvalue weighted by atomic mass is 9.90. The van der Waals surface area contributed by atoms with Gasteiger partial charge in [-0.25, -0.2) is 4.79 Å². The molecule has 0 amide bonds. The van der Waals surface area contributed by atoms with Gasteiger partial charge in [0, 0.05) is 17.4 Å². The number of carbonyl (C=O) groups excluding carboxylic acids is 1. The molecule has 1 atom stereocenters. The molecule has 1 unspecified atom stereocenters. The van der Waals surface area contributed by atoms with Crippen LogP contribution in [0.25, 0.3) is 0 Å². The molecular formula is C11H12BrNO2. The van der Waals surface area contributed by atoms with Crippen LogP contribution in [0.1, 0.15) is 22.8 Å². The van der Waals surface area contributed by atoms with Gasteiger partial charge in [-0.1, -0.05) is 22.0 Å². The lowest BCUT2D eigenvalue weighted by Gasteiger charge is -2.33. The van der Waals surface area contributed by atoms with E-state index >= 15 is 0 Å². The third kappa shape index (κ3) is 1.79. The smallest absolute Gasteiger partial charge is 0.339 e. The van der Waals surface area contributed by atoms with E-state index < -0.39 is 5.60 Å². The van der Waals surface area contributed by atoms with Crippen molar-refractivity contribution in [2.45, 2.75) is 18.9 Å². The molecule has 0 fully saturated rings. The molecule has 2 rings (SSSR count). The van der Waals surface area contributed by atoms with Crippen LogP contribution in [0.15, 0.2) is 22.7 Å². The number of nitrogens with two attached hydrogens (primary N) is 1. The molecule has 1 heterocycles. The largest absolute Gasteiger partial charge is 0.454 e. The Morgan fingerprint density at radius 1 is 1.60 bits per heavy atom. The zero-order valence-corrected chi connectivity index (χ0v) is 10.0. The Hall–Kier alpha value is -0.870. The van der Waals surface area contributed by atoms with Crippen molar-refractivity contribution in [3.63, 3.8) is 0 Å². The summed E-state index contributed by atoms with van der Waals surface area (Å²) in [5.41, 5.74) is 6.66. The molecule has 15 heavy (non-hydrogen) atoms. The van der Waals surface area contributed by atoms with E-state index in [1.165, 1.54) is 0 Å². The van der Waals surface area contributed by atoms with Gasteiger partial charge in [-0.05, 0) is 24.6 Å². The first kappa shape index (κ1) is 10.6. The molecule has 0 radical (unpaired) electrons. The average molecular weight is 270 g/mol. The van der Waals surface area contributed by atoms with E-state index in [0.29, 0.717) is 18.5 Å². The molecule has 0 aliphatic carbocycles. The van der Waals surface area contributed by atoms with Crippen LogP contribution >= 0.6 is 15.9 Å². The Morgan fingerprint density at radius 3 is 3.00 bits per heavy atom. The lowest BCUT2D eigenvalue weighted by molar-refractivity contribution is -0.0111. The fourth-order valence-electron chi connectivity index (χ4n) is 1.73. The molecule has 1 aliphatic heterocycles. The summed E-state index contributed by atoms with van der Waals surface area (Å²) in [6.07, 6.45) is 0.659. The minimum Gasteiger partial charge on any atom is -0.454 e. The number of ether oxygens (including phenoxy) is 1. The van der Waals surface area contributed by atoms with E-state index in [1.807, 2.05) is 19.1 Å². The molecule has 80 valence electrons. The summed E-state index contributed by atoms with van der Waals surface area (Å²) in [7, 11) is 0. The van der Waals surface area contributed by atoms with Crippen molar-refractivity contribution in [2.75, 3.05) is 6.54 Å². The second-order valence-corrected chi connectivity index (χ2v) is 4.84. The molecule has 0 aromatic heterocycles. The summed E-state index contributed by atoms with van der Waals surface area (Å²) < 4.78 is 6.26. The van der Waals surface area contributed by atoms with Crippen molar-refractivity contribution >= 4 is 21.9 Å². The highest BCUT2D eigenvalue weighted by Gasteiger charge is 2.35. The Morgan fingerprint density at radius 2 is 2.33 bits per heavy atom. The van der Waals surface area contributed by atoms with Crippen molar-refractivity contribution in [1.82, 2.24) is 0 Å². The quantitative estimate of drug-likeness (QED) is 0.793. The third-order valence-corrected chi connectivity index (χ3v) is 3.40. The maximum absolute atomic E-state index is 11.7. The van der Waals surface area contributed by atoms with Gasteiger partial charge in [0.15, 0.2) is 0 Å². The number of rotatable bonds is 1. The third-order valence-electron chi connectivity index (χ3n) is 2.66. The number of hydrogen-bond acceptors (Lipinski definition) is 3. The highest BCUT2D eigenvalue weighted by molar-refractivity contribution is 9.10. The monoisotopic (exact) mass is 269 g/mol. The van der Waals surface area contributed by atoms with Gasteiger partial charge in [0.05, 0.1) is 5.56 Å². The van der Waals surface area contributed by atoms with Gasteiger partial charge in [-0.15, -0.1) is 0 Å². The molecule has 1 aromatic rings. The van der Waals surface area contributed by atoms with E-state index in [9.17, 15) is 4.79 Å². The van der Waals surface area contributed by atoms with Crippen LogP contribution in [0.4, 0.5) is 0 Å². The Kier molecular flexibility index (Phi) is 2.56. The van der Waals surface area contributed by atoms with Gasteiger partial charge in [-0.2, -0.15) is 0 Å². The van der Waals surface area contributed by atoms with Gasteiger partial charge in [0.1, 0.15) is 5.60 Å². The molecule has 1 aromatic carbocycles. The maximum atomic E-state index is 11.7. The predicted molar refractivity (Wildman–Crippen MR) is 60.7 cm³/mol. The highest BCUT2D eigenvalue weighted by Crippen LogP contribution is 2.32. The van der Waals surface area contributed by atoms with Crippen molar-refractivity contribution < 1.29 is 9.53 Å². The minimum absolute atomic E-state index is 0.287. The number of fused-ring (bicyclic) bond motifs is 1. The van der Waals surface area contributed by atoms with Gasteiger partial charge in [0.25, 0.3) is 0 Å². The van der Waals surface area contributed by atoms with E-state index in [1.54, 1.807) is 6.07 Å². The predicted octanol–water partition coefficient (Wildman–Crippen LogP) is 1.88. The first-order valence-electron chi connectivity index (χ1n) is 4.76. The van der Waals surface area contributed by atoms with Crippen LogP contribution in [0.3, 0.4) is 0 Å². The van der Waals surface area contributed by atoms with Crippen molar-refractivity contribution in [3.8, 4) is 0 Å². The van der Waals surface area contributed by atoms with Crippen molar-refractivity contribution in [2.24, 2.45) is 5.73 Å². The van der Waals surface area contributed by atoms with Crippen LogP contribution in [0, 0.1) is 0 Å². The molecule has 0 bridgehead atoms. The molecule has 4 heteroatoms. The molecule has 1 aliphatic rings. The number of carbonyl (C=O) groups is 1. The fourth-order valence-corrected chi connectivity index (χ4v) is 2.24. The zero-order chi connectivity index (χ0) is 11.1. The fraction of sp³-hybridized carbons (Fsp3) is 0.364. The molecular weight excluding hydrogens is 258 g/mol. The second-order valence-electron chi connectivity index (χ2n) is 3.99. The van der Waals surface area contributed by atoms with Gasteiger partial charge < -0.3 is 10.5 Å². The van der Waals surface area contributed by atoms with E-state index in [4.69, 9.17) is 10.5 Å². The van der Waals surface area contributed by atoms with Gasteiger partial charge in [0.2, 0.25) is 0 Å². The number of cyclic esters (lactones) is 1. The summed E-state index contributed by atoms with van der Waals surface area (Å²) in [6.45, 7) is 2.19. The number of benzene rings is 1.